The summed E-state index contributed by atoms with van der Waals surface area (Å²) < 4.78 is 27.7. The first-order chi connectivity index (χ1) is 14.1. The van der Waals surface area contributed by atoms with E-state index in [0.29, 0.717) is 19.5 Å². The zero-order valence-corrected chi connectivity index (χ0v) is 17.4. The molecule has 5 nitrogen and oxygen atoms in total. The maximum Gasteiger partial charge on any atom is 0.214 e. The zero-order chi connectivity index (χ0) is 20.1. The van der Waals surface area contributed by atoms with Crippen LogP contribution >= 0.6 is 0 Å². The summed E-state index contributed by atoms with van der Waals surface area (Å²) in [5.41, 5.74) is 2.12. The van der Waals surface area contributed by atoms with E-state index in [9.17, 15) is 8.42 Å². The largest absolute Gasteiger partial charge is 0.296 e. The van der Waals surface area contributed by atoms with Gasteiger partial charge in [0.2, 0.25) is 10.0 Å². The van der Waals surface area contributed by atoms with Gasteiger partial charge in [-0.15, -0.1) is 0 Å². The Morgan fingerprint density at radius 2 is 1.69 bits per heavy atom. The van der Waals surface area contributed by atoms with Crippen molar-refractivity contribution in [3.05, 3.63) is 78.1 Å². The van der Waals surface area contributed by atoms with E-state index in [1.54, 1.807) is 10.5 Å². The van der Waals surface area contributed by atoms with Gasteiger partial charge in [0.1, 0.15) is 0 Å². The van der Waals surface area contributed by atoms with E-state index in [0.717, 1.165) is 48.1 Å². The van der Waals surface area contributed by atoms with Crippen LogP contribution in [0.5, 0.6) is 0 Å². The number of pyridine rings is 1. The van der Waals surface area contributed by atoms with Gasteiger partial charge in [-0.1, -0.05) is 48.5 Å². The maximum atomic E-state index is 13.0. The minimum absolute atomic E-state index is 0.154. The van der Waals surface area contributed by atoms with Gasteiger partial charge in [-0.2, -0.15) is 0 Å². The van der Waals surface area contributed by atoms with Crippen LogP contribution in [-0.2, 0) is 23.0 Å². The number of nitrogens with zero attached hydrogens (tertiary/aromatic N) is 3. The Morgan fingerprint density at radius 1 is 0.862 bits per heavy atom. The summed E-state index contributed by atoms with van der Waals surface area (Å²) in [6, 6.07) is 20.2. The van der Waals surface area contributed by atoms with Gasteiger partial charge in [0.15, 0.2) is 0 Å². The summed E-state index contributed by atoms with van der Waals surface area (Å²) in [6.45, 7) is 3.54. The van der Waals surface area contributed by atoms with Crippen LogP contribution < -0.4 is 0 Å². The fourth-order valence-electron chi connectivity index (χ4n) is 3.98. The fraction of sp³-hybridized carbons (Fsp3) is 0.348. The molecule has 0 saturated carbocycles. The van der Waals surface area contributed by atoms with Gasteiger partial charge >= 0.3 is 0 Å². The second-order valence-corrected chi connectivity index (χ2v) is 9.64. The molecule has 0 amide bonds. The minimum atomic E-state index is -3.28. The van der Waals surface area contributed by atoms with Gasteiger partial charge < -0.3 is 0 Å². The molecule has 3 aromatic rings. The van der Waals surface area contributed by atoms with E-state index < -0.39 is 10.0 Å². The summed E-state index contributed by atoms with van der Waals surface area (Å²) in [7, 11) is -3.28. The van der Waals surface area contributed by atoms with Gasteiger partial charge in [-0.25, -0.2) is 12.7 Å². The number of sulfonamides is 1. The Morgan fingerprint density at radius 3 is 2.55 bits per heavy atom. The van der Waals surface area contributed by atoms with Crippen molar-refractivity contribution in [1.82, 2.24) is 14.2 Å². The number of aryl methyl sites for hydroxylation is 1. The van der Waals surface area contributed by atoms with Crippen LogP contribution in [0.3, 0.4) is 0 Å². The van der Waals surface area contributed by atoms with Crippen LogP contribution in [0.4, 0.5) is 0 Å². The molecule has 2 aromatic carbocycles. The monoisotopic (exact) mass is 409 g/mol. The van der Waals surface area contributed by atoms with Crippen LogP contribution in [0.25, 0.3) is 10.8 Å². The van der Waals surface area contributed by atoms with Crippen molar-refractivity contribution in [3.63, 3.8) is 0 Å². The van der Waals surface area contributed by atoms with E-state index in [-0.39, 0.29) is 5.75 Å². The van der Waals surface area contributed by atoms with Crippen molar-refractivity contribution < 1.29 is 8.42 Å². The van der Waals surface area contributed by atoms with E-state index in [1.807, 2.05) is 42.5 Å². The molecule has 1 aromatic heterocycles. The van der Waals surface area contributed by atoms with Crippen molar-refractivity contribution in [1.29, 1.82) is 0 Å². The lowest BCUT2D eigenvalue weighted by Gasteiger charge is -2.21. The Hall–Kier alpha value is -2.28. The van der Waals surface area contributed by atoms with Crippen molar-refractivity contribution >= 4 is 20.8 Å². The number of rotatable bonds is 6. The van der Waals surface area contributed by atoms with Gasteiger partial charge in [0.05, 0.1) is 11.4 Å². The Balaban J connectivity index is 1.38. The highest BCUT2D eigenvalue weighted by Gasteiger charge is 2.25. The van der Waals surface area contributed by atoms with Crippen LogP contribution in [0, 0.1) is 0 Å². The zero-order valence-electron chi connectivity index (χ0n) is 16.6. The first-order valence-electron chi connectivity index (χ1n) is 10.2. The highest BCUT2D eigenvalue weighted by molar-refractivity contribution is 7.89. The number of hydrogen-bond acceptors (Lipinski definition) is 4. The topological polar surface area (TPSA) is 53.5 Å². The summed E-state index contributed by atoms with van der Waals surface area (Å²) >= 11 is 0. The van der Waals surface area contributed by atoms with Gasteiger partial charge in [0.25, 0.3) is 0 Å². The molecule has 0 unspecified atom stereocenters. The molecule has 1 aliphatic rings. The summed E-state index contributed by atoms with van der Waals surface area (Å²) in [5, 5.41) is 2.30. The lowest BCUT2D eigenvalue weighted by atomic mass is 10.0. The molecular weight excluding hydrogens is 382 g/mol. The van der Waals surface area contributed by atoms with Crippen LogP contribution in [-0.4, -0.2) is 54.5 Å². The van der Waals surface area contributed by atoms with Crippen molar-refractivity contribution in [2.24, 2.45) is 0 Å². The lowest BCUT2D eigenvalue weighted by molar-refractivity contribution is 0.275. The van der Waals surface area contributed by atoms with E-state index in [2.05, 4.69) is 28.1 Å². The molecule has 0 spiro atoms. The smallest absolute Gasteiger partial charge is 0.214 e. The number of fused-ring (bicyclic) bond motifs is 1. The fourth-order valence-corrected chi connectivity index (χ4v) is 5.49. The molecule has 1 fully saturated rings. The first kappa shape index (κ1) is 20.0. The highest BCUT2D eigenvalue weighted by Crippen LogP contribution is 2.20. The molecule has 1 aliphatic heterocycles. The van der Waals surface area contributed by atoms with Crippen LogP contribution in [0.2, 0.25) is 0 Å². The molecule has 6 heteroatoms. The predicted octanol–water partition coefficient (Wildman–Crippen LogP) is 3.32. The van der Waals surface area contributed by atoms with Gasteiger partial charge in [-0.05, 0) is 47.9 Å². The Bertz CT molecular complexity index is 1050. The van der Waals surface area contributed by atoms with Crippen molar-refractivity contribution in [2.45, 2.75) is 19.4 Å². The maximum absolute atomic E-state index is 13.0. The third-order valence-electron chi connectivity index (χ3n) is 5.56. The quantitative estimate of drug-likeness (QED) is 0.627. The third kappa shape index (κ3) is 5.01. The molecule has 152 valence electrons. The molecular formula is C23H27N3O2S. The van der Waals surface area contributed by atoms with Crippen molar-refractivity contribution in [2.75, 3.05) is 31.9 Å². The molecule has 0 atom stereocenters. The number of benzene rings is 2. The van der Waals surface area contributed by atoms with E-state index in [4.69, 9.17) is 0 Å². The molecule has 4 rings (SSSR count). The number of hydrogen-bond donors (Lipinski definition) is 0. The highest BCUT2D eigenvalue weighted by atomic mass is 32.2. The standard InChI is InChI=1S/C23H27N3O2S/c27-29(28,18-12-21-9-5-8-20-7-1-2-11-23(20)21)26-15-6-14-25(16-17-26)19-22-10-3-4-13-24-22/h1-5,7-11,13H,6,12,14-19H2. The van der Waals surface area contributed by atoms with Crippen molar-refractivity contribution in [3.8, 4) is 0 Å². The molecule has 2 heterocycles. The molecule has 29 heavy (non-hydrogen) atoms. The van der Waals surface area contributed by atoms with Gasteiger partial charge in [-0.3, -0.25) is 9.88 Å². The SMILES string of the molecule is O=S(=O)(CCc1cccc2ccccc12)N1CCCN(Cc2ccccn2)CC1. The average Bonchev–Trinajstić information content (AvgIpc) is 2.99. The third-order valence-corrected chi connectivity index (χ3v) is 7.43. The minimum Gasteiger partial charge on any atom is -0.296 e. The van der Waals surface area contributed by atoms with E-state index >= 15 is 0 Å². The lowest BCUT2D eigenvalue weighted by Crippen LogP contribution is -2.37. The number of aromatic nitrogens is 1. The molecule has 0 aliphatic carbocycles. The molecule has 1 saturated heterocycles. The van der Waals surface area contributed by atoms with Crippen LogP contribution in [0.15, 0.2) is 66.9 Å². The summed E-state index contributed by atoms with van der Waals surface area (Å²) in [6.07, 6.45) is 3.19. The van der Waals surface area contributed by atoms with E-state index in [1.165, 1.54) is 0 Å². The Kier molecular flexibility index (Phi) is 6.23. The first-order valence-corrected chi connectivity index (χ1v) is 11.8. The normalized spacial score (nSPS) is 16.7. The van der Waals surface area contributed by atoms with Gasteiger partial charge in [0, 0.05) is 32.4 Å². The Labute approximate surface area is 173 Å². The summed E-state index contributed by atoms with van der Waals surface area (Å²) in [4.78, 5) is 6.68. The molecule has 0 radical (unpaired) electrons. The predicted molar refractivity (Wildman–Crippen MR) is 117 cm³/mol. The average molecular weight is 410 g/mol. The van der Waals surface area contributed by atoms with Crippen LogP contribution in [0.1, 0.15) is 17.7 Å². The summed E-state index contributed by atoms with van der Waals surface area (Å²) in [5.74, 6) is 0.154. The molecule has 0 bridgehead atoms. The molecule has 0 N–H and O–H groups in total. The second-order valence-electron chi connectivity index (χ2n) is 7.55. The second kappa shape index (κ2) is 9.03.